The van der Waals surface area contributed by atoms with Crippen LogP contribution in [-0.4, -0.2) is 23.7 Å². The van der Waals surface area contributed by atoms with E-state index in [1.54, 1.807) is 12.1 Å². The predicted molar refractivity (Wildman–Crippen MR) is 72.3 cm³/mol. The van der Waals surface area contributed by atoms with Crippen molar-refractivity contribution in [3.8, 4) is 0 Å². The summed E-state index contributed by atoms with van der Waals surface area (Å²) in [4.78, 5) is 3.83. The number of hydrogen-bond donors (Lipinski definition) is 1. The molecule has 1 heterocycles. The lowest BCUT2D eigenvalue weighted by atomic mass is 9.94. The fourth-order valence-electron chi connectivity index (χ4n) is 2.41. The Morgan fingerprint density at radius 3 is 2.60 bits per heavy atom. The van der Waals surface area contributed by atoms with E-state index in [1.165, 1.54) is 12.4 Å². The van der Waals surface area contributed by atoms with Gasteiger partial charge in [-0.25, -0.2) is 0 Å². The molecule has 110 valence electrons. The Labute approximate surface area is 117 Å². The number of halogens is 3. The Morgan fingerprint density at radius 2 is 2.00 bits per heavy atom. The van der Waals surface area contributed by atoms with Gasteiger partial charge in [-0.15, -0.1) is 0 Å². The smallest absolute Gasteiger partial charge is 0.306 e. The topological polar surface area (TPSA) is 24.9 Å². The third-order valence-electron chi connectivity index (χ3n) is 3.61. The molecule has 0 saturated carbocycles. The van der Waals surface area contributed by atoms with Crippen LogP contribution in [0, 0.1) is 5.92 Å². The number of aromatic nitrogens is 1. The van der Waals surface area contributed by atoms with Crippen LogP contribution in [-0.2, 0) is 6.42 Å². The third-order valence-corrected chi connectivity index (χ3v) is 3.61. The van der Waals surface area contributed by atoms with E-state index in [4.69, 9.17) is 0 Å². The second-order valence-corrected chi connectivity index (χ2v) is 5.21. The maximum atomic E-state index is 13.1. The number of rotatable bonds is 5. The Morgan fingerprint density at radius 1 is 1.25 bits per heavy atom. The van der Waals surface area contributed by atoms with Crippen LogP contribution in [0.5, 0.6) is 0 Å². The molecule has 0 saturated heterocycles. The minimum atomic E-state index is -4.23. The van der Waals surface area contributed by atoms with Gasteiger partial charge in [0, 0.05) is 12.4 Å². The van der Waals surface area contributed by atoms with Gasteiger partial charge in [-0.3, -0.25) is 4.98 Å². The molecule has 0 unspecified atom stereocenters. The monoisotopic (exact) mass is 284 g/mol. The standard InChI is InChI=1S/C15H19F3N2/c16-15(17,18)14(10-12-6-8-19-9-7-12)20-11-13-4-2-1-3-5-13/h1-2,6-9,13-14,20H,3-5,10-11H2/t13-,14+/m1/s1. The van der Waals surface area contributed by atoms with Gasteiger partial charge >= 0.3 is 6.18 Å². The lowest BCUT2D eigenvalue weighted by Crippen LogP contribution is -2.45. The molecule has 1 N–H and O–H groups in total. The van der Waals surface area contributed by atoms with Crippen molar-refractivity contribution in [3.05, 3.63) is 42.2 Å². The highest BCUT2D eigenvalue weighted by atomic mass is 19.4. The van der Waals surface area contributed by atoms with E-state index in [0.717, 1.165) is 19.3 Å². The first-order chi connectivity index (χ1) is 9.55. The fraction of sp³-hybridized carbons (Fsp3) is 0.533. The van der Waals surface area contributed by atoms with Crippen LogP contribution in [0.25, 0.3) is 0 Å². The Balaban J connectivity index is 1.92. The number of nitrogens with zero attached hydrogens (tertiary/aromatic N) is 1. The normalized spacial score (nSPS) is 20.9. The van der Waals surface area contributed by atoms with Gasteiger partial charge in [0.05, 0.1) is 0 Å². The van der Waals surface area contributed by atoms with Crippen molar-refractivity contribution in [2.24, 2.45) is 5.92 Å². The van der Waals surface area contributed by atoms with E-state index in [9.17, 15) is 13.2 Å². The molecule has 2 rings (SSSR count). The van der Waals surface area contributed by atoms with Gasteiger partial charge < -0.3 is 5.32 Å². The van der Waals surface area contributed by atoms with Gasteiger partial charge in [0.25, 0.3) is 0 Å². The minimum absolute atomic E-state index is 0.0470. The molecule has 1 aromatic heterocycles. The van der Waals surface area contributed by atoms with Crippen LogP contribution in [0.4, 0.5) is 13.2 Å². The van der Waals surface area contributed by atoms with Gasteiger partial charge in [-0.1, -0.05) is 12.2 Å². The molecular weight excluding hydrogens is 265 g/mol. The van der Waals surface area contributed by atoms with Crippen LogP contribution >= 0.6 is 0 Å². The summed E-state index contributed by atoms with van der Waals surface area (Å²) in [6, 6.07) is 1.77. The zero-order valence-corrected chi connectivity index (χ0v) is 11.2. The fourth-order valence-corrected chi connectivity index (χ4v) is 2.41. The predicted octanol–water partition coefficient (Wildman–Crippen LogP) is 3.50. The zero-order chi connectivity index (χ0) is 14.4. The molecule has 0 aromatic carbocycles. The first-order valence-corrected chi connectivity index (χ1v) is 6.89. The molecule has 0 bridgehead atoms. The van der Waals surface area contributed by atoms with E-state index in [-0.39, 0.29) is 6.42 Å². The summed E-state index contributed by atoms with van der Waals surface area (Å²) < 4.78 is 39.2. The summed E-state index contributed by atoms with van der Waals surface area (Å²) in [5, 5.41) is 2.70. The van der Waals surface area contributed by atoms with E-state index in [0.29, 0.717) is 18.0 Å². The molecule has 0 amide bonds. The number of allylic oxidation sites excluding steroid dienone is 2. The molecule has 1 aromatic rings. The maximum absolute atomic E-state index is 13.1. The molecule has 1 aliphatic carbocycles. The van der Waals surface area contributed by atoms with E-state index >= 15 is 0 Å². The van der Waals surface area contributed by atoms with Crippen LogP contribution in [0.3, 0.4) is 0 Å². The second-order valence-electron chi connectivity index (χ2n) is 5.21. The highest BCUT2D eigenvalue weighted by molar-refractivity contribution is 5.12. The lowest BCUT2D eigenvalue weighted by Gasteiger charge is -2.25. The first kappa shape index (κ1) is 15.0. The van der Waals surface area contributed by atoms with Crippen molar-refractivity contribution in [1.82, 2.24) is 10.3 Å². The van der Waals surface area contributed by atoms with Crippen molar-refractivity contribution >= 4 is 0 Å². The van der Waals surface area contributed by atoms with Gasteiger partial charge in [0.2, 0.25) is 0 Å². The van der Waals surface area contributed by atoms with Gasteiger partial charge in [-0.05, 0) is 55.8 Å². The number of nitrogens with one attached hydrogen (secondary N) is 1. The van der Waals surface area contributed by atoms with Crippen molar-refractivity contribution < 1.29 is 13.2 Å². The Kier molecular flexibility index (Phi) is 5.17. The van der Waals surface area contributed by atoms with E-state index in [2.05, 4.69) is 22.5 Å². The van der Waals surface area contributed by atoms with Crippen molar-refractivity contribution in [2.75, 3.05) is 6.54 Å². The van der Waals surface area contributed by atoms with E-state index < -0.39 is 12.2 Å². The van der Waals surface area contributed by atoms with Crippen LogP contribution in [0.1, 0.15) is 24.8 Å². The molecule has 2 nitrogen and oxygen atoms in total. The maximum Gasteiger partial charge on any atom is 0.404 e. The zero-order valence-electron chi connectivity index (χ0n) is 11.2. The van der Waals surface area contributed by atoms with E-state index in [1.807, 2.05) is 0 Å². The highest BCUT2D eigenvalue weighted by Crippen LogP contribution is 2.24. The van der Waals surface area contributed by atoms with Crippen LogP contribution in [0.2, 0.25) is 0 Å². The molecule has 5 heteroatoms. The Bertz CT molecular complexity index is 428. The Hall–Kier alpha value is -1.36. The van der Waals surface area contributed by atoms with Gasteiger partial charge in [0.1, 0.15) is 6.04 Å². The molecule has 0 aliphatic heterocycles. The summed E-state index contributed by atoms with van der Waals surface area (Å²) in [6.07, 6.45) is 5.71. The summed E-state index contributed by atoms with van der Waals surface area (Å²) in [6.45, 7) is 0.416. The average molecular weight is 284 g/mol. The molecule has 0 fully saturated rings. The quantitative estimate of drug-likeness (QED) is 0.837. The molecular formula is C15H19F3N2. The molecule has 0 radical (unpaired) electrons. The summed E-state index contributed by atoms with van der Waals surface area (Å²) in [5.74, 6) is 0.308. The summed E-state index contributed by atoms with van der Waals surface area (Å²) in [5.41, 5.74) is 0.651. The minimum Gasteiger partial charge on any atom is -0.306 e. The largest absolute Gasteiger partial charge is 0.404 e. The number of alkyl halides is 3. The number of pyridine rings is 1. The van der Waals surface area contributed by atoms with Crippen molar-refractivity contribution in [3.63, 3.8) is 0 Å². The molecule has 2 atom stereocenters. The molecule has 1 aliphatic rings. The van der Waals surface area contributed by atoms with Crippen molar-refractivity contribution in [2.45, 2.75) is 37.9 Å². The third kappa shape index (κ3) is 4.63. The molecule has 0 spiro atoms. The lowest BCUT2D eigenvalue weighted by molar-refractivity contribution is -0.156. The van der Waals surface area contributed by atoms with Gasteiger partial charge in [-0.2, -0.15) is 13.2 Å². The number of hydrogen-bond acceptors (Lipinski definition) is 2. The summed E-state index contributed by atoms with van der Waals surface area (Å²) in [7, 11) is 0. The van der Waals surface area contributed by atoms with Crippen LogP contribution < -0.4 is 5.32 Å². The van der Waals surface area contributed by atoms with Gasteiger partial charge in [0.15, 0.2) is 0 Å². The molecule has 20 heavy (non-hydrogen) atoms. The van der Waals surface area contributed by atoms with Crippen LogP contribution in [0.15, 0.2) is 36.7 Å². The SMILES string of the molecule is FC(F)(F)[C@H](Cc1ccncc1)NC[C@@H]1CC=CCC1. The van der Waals surface area contributed by atoms with Crippen molar-refractivity contribution in [1.29, 1.82) is 0 Å². The average Bonchev–Trinajstić information content (AvgIpc) is 2.44. The highest BCUT2D eigenvalue weighted by Gasteiger charge is 2.39. The second kappa shape index (κ2) is 6.88. The summed E-state index contributed by atoms with van der Waals surface area (Å²) >= 11 is 0. The first-order valence-electron chi connectivity index (χ1n) is 6.89.